The summed E-state index contributed by atoms with van der Waals surface area (Å²) in [7, 11) is -3.87. The zero-order valence-corrected chi connectivity index (χ0v) is 12.0. The Morgan fingerprint density at radius 3 is 1.64 bits per heavy atom. The van der Waals surface area contributed by atoms with Crippen LogP contribution in [0.5, 0.6) is 0 Å². The molecule has 0 heterocycles. The van der Waals surface area contributed by atoms with E-state index in [-0.39, 0.29) is 0 Å². The third-order valence-electron chi connectivity index (χ3n) is 2.46. The minimum atomic E-state index is -6.52. The van der Waals surface area contributed by atoms with Crippen LogP contribution in [-0.2, 0) is 9.22 Å². The standard InChI is InChI=1S/C9H10F10O2Si/c1-22(2,21-5(20)7(12,13)14)4-3-6(10,11)8(15,16)9(17,18)19/h3-4H2,1-2H3. The van der Waals surface area contributed by atoms with Crippen LogP contribution >= 0.6 is 0 Å². The van der Waals surface area contributed by atoms with Gasteiger partial charge in [0.2, 0.25) is 8.32 Å². The Labute approximate surface area is 118 Å². The lowest BCUT2D eigenvalue weighted by Gasteiger charge is -2.30. The fraction of sp³-hybridized carbons (Fsp3) is 0.889. The number of hydrogen-bond acceptors (Lipinski definition) is 2. The first-order valence-corrected chi connectivity index (χ1v) is 8.57. The highest BCUT2D eigenvalue weighted by Crippen LogP contribution is 2.49. The monoisotopic (exact) mass is 368 g/mol. The highest BCUT2D eigenvalue weighted by molar-refractivity contribution is 6.72. The molecule has 0 aliphatic carbocycles. The van der Waals surface area contributed by atoms with Crippen molar-refractivity contribution >= 4 is 14.3 Å². The summed E-state index contributed by atoms with van der Waals surface area (Å²) in [4.78, 5) is 10.5. The Kier molecular flexibility index (Phi) is 5.62. The van der Waals surface area contributed by atoms with Crippen molar-refractivity contribution in [3.63, 3.8) is 0 Å². The van der Waals surface area contributed by atoms with E-state index in [4.69, 9.17) is 0 Å². The fourth-order valence-electron chi connectivity index (χ4n) is 1.18. The lowest BCUT2D eigenvalue weighted by atomic mass is 10.1. The molecule has 13 heteroatoms. The molecule has 132 valence electrons. The molecule has 0 aromatic rings. The third kappa shape index (κ3) is 5.02. The second-order valence-corrected chi connectivity index (χ2v) is 9.15. The molecule has 0 bridgehead atoms. The van der Waals surface area contributed by atoms with Gasteiger partial charge in [0.1, 0.15) is 0 Å². The van der Waals surface area contributed by atoms with Gasteiger partial charge in [-0.15, -0.1) is 0 Å². The Balaban J connectivity index is 4.95. The van der Waals surface area contributed by atoms with E-state index in [1.165, 1.54) is 0 Å². The van der Waals surface area contributed by atoms with Gasteiger partial charge < -0.3 is 4.43 Å². The quantitative estimate of drug-likeness (QED) is 0.527. The molecule has 22 heavy (non-hydrogen) atoms. The molecule has 0 amide bonds. The number of carbonyl (C=O) groups excluding carboxylic acids is 1. The summed E-state index contributed by atoms with van der Waals surface area (Å²) >= 11 is 0. The van der Waals surface area contributed by atoms with Gasteiger partial charge in [0.15, 0.2) is 0 Å². The van der Waals surface area contributed by atoms with Crippen LogP contribution < -0.4 is 0 Å². The minimum absolute atomic E-state index is 0.804. The molecule has 0 aromatic heterocycles. The van der Waals surface area contributed by atoms with Crippen LogP contribution in [0.3, 0.4) is 0 Å². The number of alkyl halides is 10. The highest BCUT2D eigenvalue weighted by Gasteiger charge is 2.72. The Morgan fingerprint density at radius 2 is 1.32 bits per heavy atom. The second kappa shape index (κ2) is 5.89. The van der Waals surface area contributed by atoms with E-state index in [0.717, 1.165) is 13.1 Å². The lowest BCUT2D eigenvalue weighted by molar-refractivity contribution is -0.354. The number of carbonyl (C=O) groups is 1. The molecule has 0 saturated heterocycles. The Hall–Kier alpha value is -1.01. The van der Waals surface area contributed by atoms with Crippen molar-refractivity contribution in [2.45, 2.75) is 49.8 Å². The summed E-state index contributed by atoms with van der Waals surface area (Å²) in [6, 6.07) is -1.21. The van der Waals surface area contributed by atoms with E-state index in [1.807, 2.05) is 0 Å². The predicted molar refractivity (Wildman–Crippen MR) is 55.0 cm³/mol. The van der Waals surface area contributed by atoms with Gasteiger partial charge in [0.05, 0.1) is 0 Å². The van der Waals surface area contributed by atoms with Crippen LogP contribution in [0.25, 0.3) is 0 Å². The zero-order chi connectivity index (χ0) is 18.2. The normalized spacial score (nSPS) is 14.9. The van der Waals surface area contributed by atoms with Crippen LogP contribution in [0.15, 0.2) is 0 Å². The number of hydrogen-bond donors (Lipinski definition) is 0. The molecule has 2 nitrogen and oxygen atoms in total. The molecular weight excluding hydrogens is 358 g/mol. The van der Waals surface area contributed by atoms with Gasteiger partial charge in [0.25, 0.3) is 0 Å². The first kappa shape index (κ1) is 21.0. The van der Waals surface area contributed by atoms with Crippen molar-refractivity contribution in [3.8, 4) is 0 Å². The van der Waals surface area contributed by atoms with Crippen molar-refractivity contribution in [2.75, 3.05) is 0 Å². The van der Waals surface area contributed by atoms with Crippen LogP contribution in [0.1, 0.15) is 6.42 Å². The van der Waals surface area contributed by atoms with Gasteiger partial charge in [0, 0.05) is 6.42 Å². The van der Waals surface area contributed by atoms with Crippen LogP contribution in [0.2, 0.25) is 19.1 Å². The van der Waals surface area contributed by atoms with Gasteiger partial charge in [-0.25, -0.2) is 4.79 Å². The maximum atomic E-state index is 13.0. The first-order valence-electron chi connectivity index (χ1n) is 5.46. The minimum Gasteiger partial charge on any atom is -0.513 e. The van der Waals surface area contributed by atoms with Crippen LogP contribution in [0.4, 0.5) is 43.9 Å². The van der Waals surface area contributed by atoms with Crippen LogP contribution in [-0.4, -0.2) is 38.5 Å². The summed E-state index contributed by atoms with van der Waals surface area (Å²) in [6.45, 7) is 1.61. The lowest BCUT2D eigenvalue weighted by Crippen LogP contribution is -2.52. The molecule has 0 N–H and O–H groups in total. The maximum Gasteiger partial charge on any atom is 0.489 e. The summed E-state index contributed by atoms with van der Waals surface area (Å²) < 4.78 is 126. The first-order chi connectivity index (χ1) is 9.33. The van der Waals surface area contributed by atoms with E-state index in [0.29, 0.717) is 0 Å². The van der Waals surface area contributed by atoms with E-state index >= 15 is 0 Å². The molecule has 0 rings (SSSR count). The molecule has 0 aliphatic heterocycles. The largest absolute Gasteiger partial charge is 0.513 e. The molecule has 0 fully saturated rings. The van der Waals surface area contributed by atoms with E-state index in [1.54, 1.807) is 0 Å². The average molecular weight is 368 g/mol. The van der Waals surface area contributed by atoms with Crippen molar-refractivity contribution in [1.82, 2.24) is 0 Å². The molecule has 0 radical (unpaired) electrons. The number of halogens is 10. The van der Waals surface area contributed by atoms with Crippen molar-refractivity contribution in [3.05, 3.63) is 0 Å². The summed E-state index contributed by atoms with van der Waals surface area (Å²) in [6.07, 6.45) is -14.0. The molecule has 0 spiro atoms. The third-order valence-corrected chi connectivity index (χ3v) is 4.65. The van der Waals surface area contributed by atoms with Crippen molar-refractivity contribution in [2.24, 2.45) is 0 Å². The van der Waals surface area contributed by atoms with Gasteiger partial charge >= 0.3 is 30.2 Å². The van der Waals surface area contributed by atoms with E-state index in [2.05, 4.69) is 4.43 Å². The molecule has 0 aliphatic rings. The molecule has 0 atom stereocenters. The maximum absolute atomic E-state index is 13.0. The number of rotatable bonds is 5. The fourth-order valence-corrected chi connectivity index (χ4v) is 2.82. The van der Waals surface area contributed by atoms with E-state index < -0.39 is 50.9 Å². The van der Waals surface area contributed by atoms with Crippen molar-refractivity contribution in [1.29, 1.82) is 0 Å². The van der Waals surface area contributed by atoms with Gasteiger partial charge in [-0.2, -0.15) is 43.9 Å². The highest BCUT2D eigenvalue weighted by atomic mass is 28.4. The Morgan fingerprint density at radius 1 is 0.909 bits per heavy atom. The average Bonchev–Trinajstić information content (AvgIpc) is 2.23. The summed E-state index contributed by atoms with van der Waals surface area (Å²) in [5, 5.41) is 0. The summed E-state index contributed by atoms with van der Waals surface area (Å²) in [5.41, 5.74) is 0. The van der Waals surface area contributed by atoms with E-state index in [9.17, 15) is 48.7 Å². The molecule has 0 aromatic carbocycles. The molecular formula is C9H10F10O2Si. The van der Waals surface area contributed by atoms with Gasteiger partial charge in [-0.05, 0) is 19.1 Å². The topological polar surface area (TPSA) is 26.3 Å². The molecule has 0 unspecified atom stereocenters. The summed E-state index contributed by atoms with van der Waals surface area (Å²) in [5.74, 6) is -14.6. The van der Waals surface area contributed by atoms with Gasteiger partial charge in [-0.3, -0.25) is 0 Å². The predicted octanol–water partition coefficient (Wildman–Crippen LogP) is 4.52. The zero-order valence-electron chi connectivity index (χ0n) is 11.0. The SMILES string of the molecule is C[Si](C)(CCC(F)(F)C(F)(F)C(F)(F)F)OC(=O)C(F)(F)F. The molecule has 0 saturated carbocycles. The van der Waals surface area contributed by atoms with Crippen LogP contribution in [0, 0.1) is 0 Å². The smallest absolute Gasteiger partial charge is 0.489 e. The van der Waals surface area contributed by atoms with Gasteiger partial charge in [-0.1, -0.05) is 0 Å². The second-order valence-electron chi connectivity index (χ2n) is 4.92. The van der Waals surface area contributed by atoms with Crippen molar-refractivity contribution < 1.29 is 53.1 Å². The Bertz CT molecular complexity index is 412.